The summed E-state index contributed by atoms with van der Waals surface area (Å²) in [7, 11) is 8.11. The van der Waals surface area contributed by atoms with E-state index in [1.165, 1.54) is 70.1 Å². The van der Waals surface area contributed by atoms with Crippen LogP contribution in [0.25, 0.3) is 10.8 Å². The largest absolute Gasteiger partial charge is 0.381 e. The summed E-state index contributed by atoms with van der Waals surface area (Å²) in [4.78, 5) is 4.64. The monoisotopic (exact) mass is 978 g/mol. The molecule has 0 aliphatic heterocycles. The molecule has 0 heterocycles. The fourth-order valence-corrected chi connectivity index (χ4v) is 5.87. The van der Waals surface area contributed by atoms with Crippen LogP contribution in [0.2, 0.25) is 0 Å². The van der Waals surface area contributed by atoms with Crippen LogP contribution in [-0.2, 0) is 10.0 Å². The first kappa shape index (κ1) is 84.3. The van der Waals surface area contributed by atoms with E-state index in [0.717, 1.165) is 0 Å². The Balaban J connectivity index is -0.0000000861. The third-order valence-electron chi connectivity index (χ3n) is 7.37. The number of hydrogen-bond acceptors (Lipinski definition) is 4. The van der Waals surface area contributed by atoms with Crippen molar-refractivity contribution in [2.45, 2.75) is 177 Å². The smallest absolute Gasteiger partial charge is 0.242 e. The predicted octanol–water partition coefficient (Wildman–Crippen LogP) is 20.2. The molecule has 5 aromatic carbocycles. The third kappa shape index (κ3) is 48.2. The van der Waals surface area contributed by atoms with Gasteiger partial charge in [-0.2, -0.15) is 0 Å². The molecule has 0 N–H and O–H groups in total. The molecule has 400 valence electrons. The quantitative estimate of drug-likeness (QED) is 0.180. The third-order valence-corrected chi connectivity index (χ3v) is 9.20. The summed E-state index contributed by atoms with van der Waals surface area (Å²) in [5.41, 5.74) is 6.77. The topological polar surface area (TPSA) is 43.9 Å². The number of rotatable bonds is 4. The van der Waals surface area contributed by atoms with E-state index in [2.05, 4.69) is 138 Å². The van der Waals surface area contributed by atoms with Gasteiger partial charge in [-0.05, 0) is 63.3 Å². The molecule has 0 saturated carbocycles. The number of sulfonamides is 1. The first-order valence-corrected chi connectivity index (χ1v) is 28.0. The highest BCUT2D eigenvalue weighted by Gasteiger charge is 2.15. The number of allylic oxidation sites excluding steroid dienone is 4. The number of aryl methyl sites for hydroxylation is 3. The molecule has 0 atom stereocenters. The van der Waals surface area contributed by atoms with Crippen LogP contribution in [-0.4, -0.2) is 59.9 Å². The van der Waals surface area contributed by atoms with E-state index in [1.54, 1.807) is 30.3 Å². The molecular formula is C63H115N3O2S. The van der Waals surface area contributed by atoms with Crippen LogP contribution in [0.5, 0.6) is 0 Å². The minimum atomic E-state index is -3.24. The van der Waals surface area contributed by atoms with Crippen LogP contribution in [0.4, 0.5) is 5.69 Å². The molecule has 1 aliphatic carbocycles. The molecule has 0 amide bonds. The molecule has 69 heavy (non-hydrogen) atoms. The molecule has 6 rings (SSSR count). The predicted molar refractivity (Wildman–Crippen MR) is 326 cm³/mol. The van der Waals surface area contributed by atoms with Crippen LogP contribution >= 0.6 is 0 Å². The lowest BCUT2D eigenvalue weighted by atomic mass is 10.1. The van der Waals surface area contributed by atoms with Crippen molar-refractivity contribution in [3.8, 4) is 0 Å². The van der Waals surface area contributed by atoms with Gasteiger partial charge in [-0.3, -0.25) is 0 Å². The number of benzene rings is 5. The van der Waals surface area contributed by atoms with Gasteiger partial charge in [-0.15, -0.1) is 0 Å². The Morgan fingerprint density at radius 3 is 1.04 bits per heavy atom. The fraction of sp³-hybridized carbons (Fsp3) is 0.492. The molecule has 0 radical (unpaired) electrons. The molecule has 1 aliphatic rings. The molecule has 0 unspecified atom stereocenters. The summed E-state index contributed by atoms with van der Waals surface area (Å²) in [5, 5.41) is 2.61. The summed E-state index contributed by atoms with van der Waals surface area (Å²) < 4.78 is 24.1. The minimum Gasteiger partial charge on any atom is -0.381 e. The molecule has 0 aromatic heterocycles. The summed E-state index contributed by atoms with van der Waals surface area (Å²) in [6.07, 6.45) is 8.89. The van der Waals surface area contributed by atoms with Crippen molar-refractivity contribution in [1.29, 1.82) is 0 Å². The van der Waals surface area contributed by atoms with E-state index in [9.17, 15) is 8.42 Å². The summed E-state index contributed by atoms with van der Waals surface area (Å²) in [5.74, 6) is 0. The van der Waals surface area contributed by atoms with Crippen LogP contribution in [0.3, 0.4) is 0 Å². The van der Waals surface area contributed by atoms with E-state index in [0.29, 0.717) is 4.90 Å². The van der Waals surface area contributed by atoms with Gasteiger partial charge >= 0.3 is 0 Å². The highest BCUT2D eigenvalue weighted by molar-refractivity contribution is 7.89. The van der Waals surface area contributed by atoms with E-state index >= 15 is 0 Å². The molecule has 0 saturated heterocycles. The van der Waals surface area contributed by atoms with Crippen molar-refractivity contribution < 1.29 is 8.42 Å². The maximum atomic E-state index is 11.5. The van der Waals surface area contributed by atoms with Crippen molar-refractivity contribution in [3.63, 3.8) is 0 Å². The van der Waals surface area contributed by atoms with Crippen LogP contribution < -0.4 is 4.90 Å². The maximum absolute atomic E-state index is 11.5. The molecule has 5 aromatic rings. The van der Waals surface area contributed by atoms with Crippen LogP contribution in [0, 0.1) is 20.8 Å². The molecular weight excluding hydrogens is 863 g/mol. The van der Waals surface area contributed by atoms with Gasteiger partial charge in [0, 0.05) is 59.1 Å². The number of hydrogen-bond donors (Lipinski definition) is 0. The average molecular weight is 979 g/mol. The van der Waals surface area contributed by atoms with E-state index in [-0.39, 0.29) is 0 Å². The van der Waals surface area contributed by atoms with Gasteiger partial charge in [0.15, 0.2) is 0 Å². The molecule has 0 bridgehead atoms. The highest BCUT2D eigenvalue weighted by atomic mass is 32.2. The molecule has 0 spiro atoms. The molecule has 0 fully saturated rings. The summed E-state index contributed by atoms with van der Waals surface area (Å²) >= 11 is 0. The van der Waals surface area contributed by atoms with Gasteiger partial charge in [-0.25, -0.2) is 12.7 Å². The molecule has 6 heteroatoms. The van der Waals surface area contributed by atoms with Crippen molar-refractivity contribution in [1.82, 2.24) is 9.21 Å². The summed E-state index contributed by atoms with van der Waals surface area (Å²) in [6, 6.07) is 41.7. The Morgan fingerprint density at radius 2 is 0.739 bits per heavy atom. The Bertz CT molecular complexity index is 1750. The van der Waals surface area contributed by atoms with Crippen molar-refractivity contribution >= 4 is 26.5 Å². The maximum Gasteiger partial charge on any atom is 0.242 e. The van der Waals surface area contributed by atoms with Gasteiger partial charge in [0.1, 0.15) is 0 Å². The van der Waals surface area contributed by atoms with E-state index in [4.69, 9.17) is 0 Å². The minimum absolute atomic E-state index is 0.329. The SMILES string of the molecule is CC.CC.CC.CC.CC.CC.CC.CC.CC.CC.CN(C)C1=CC=CCC1.CN(C)S(=O)(=O)c1ccccc1.CN(C)c1cccc2ccccc12.Cc1cc(C)cc(C)c1.c1ccccc1. The van der Waals surface area contributed by atoms with Gasteiger partial charge in [-0.1, -0.05) is 277 Å². The first-order valence-electron chi connectivity index (χ1n) is 26.5. The normalized spacial score (nSPS) is 9.10. The fourth-order valence-electron chi connectivity index (χ4n) is 4.95. The summed E-state index contributed by atoms with van der Waals surface area (Å²) in [6.45, 7) is 46.4. The number of fused-ring (bicyclic) bond motifs is 1. The van der Waals surface area contributed by atoms with Crippen LogP contribution in [0.1, 0.15) is 168 Å². The lowest BCUT2D eigenvalue weighted by Gasteiger charge is -2.17. The second-order valence-electron chi connectivity index (χ2n) is 12.3. The number of anilines is 1. The Hall–Kier alpha value is -4.65. The average Bonchev–Trinajstić information content (AvgIpc) is 3.43. The van der Waals surface area contributed by atoms with Crippen LogP contribution in [0.15, 0.2) is 156 Å². The number of nitrogens with zero attached hydrogens (tertiary/aromatic N) is 3. The van der Waals surface area contributed by atoms with E-state index in [1.807, 2.05) is 175 Å². The van der Waals surface area contributed by atoms with Gasteiger partial charge in [0.25, 0.3) is 0 Å². The highest BCUT2D eigenvalue weighted by Crippen LogP contribution is 2.24. The zero-order valence-corrected chi connectivity index (χ0v) is 51.7. The Labute approximate surface area is 434 Å². The Morgan fingerprint density at radius 1 is 0.406 bits per heavy atom. The standard InChI is InChI=1S/C12H13N.C9H12.C8H11NO2S.C8H13N.C6H6.10C2H6/c1-13(2)12-9-5-7-10-6-3-4-8-11(10)12;1-7-4-8(2)6-9(3)5-7;1-9(2)12(10,11)8-6-4-3-5-7-8;1-9(2)8-6-4-3-5-7-8;1-2-4-6-5-3-1;10*1-2/h3-9H,1-2H3;4-6H,1-3H3;3-7H,1-2H3;3-4,6H,5,7H2,1-2H3;1-6H;10*1-2H3. The Kier molecular flexibility index (Phi) is 82.6. The molecule has 5 nitrogen and oxygen atoms in total. The second-order valence-corrected chi connectivity index (χ2v) is 14.5. The lowest BCUT2D eigenvalue weighted by molar-refractivity contribution is 0.486. The van der Waals surface area contributed by atoms with Gasteiger partial charge in [0.2, 0.25) is 10.0 Å². The zero-order chi connectivity index (χ0) is 56.2. The van der Waals surface area contributed by atoms with Gasteiger partial charge < -0.3 is 9.80 Å². The van der Waals surface area contributed by atoms with E-state index < -0.39 is 10.0 Å². The van der Waals surface area contributed by atoms with Crippen molar-refractivity contribution in [2.75, 3.05) is 47.2 Å². The zero-order valence-electron chi connectivity index (χ0n) is 50.8. The lowest BCUT2D eigenvalue weighted by Crippen LogP contribution is -2.21. The second kappa shape index (κ2) is 67.6. The first-order chi connectivity index (χ1) is 33.3. The van der Waals surface area contributed by atoms with Gasteiger partial charge in [0.05, 0.1) is 4.90 Å². The van der Waals surface area contributed by atoms with Crippen molar-refractivity contribution in [2.24, 2.45) is 0 Å². The van der Waals surface area contributed by atoms with Crippen molar-refractivity contribution in [3.05, 3.63) is 168 Å².